The van der Waals surface area contributed by atoms with E-state index in [1.165, 1.54) is 13.2 Å². The van der Waals surface area contributed by atoms with Crippen molar-refractivity contribution < 1.29 is 13.9 Å². The molecule has 2 N–H and O–H groups in total. The van der Waals surface area contributed by atoms with E-state index in [0.29, 0.717) is 29.0 Å². The summed E-state index contributed by atoms with van der Waals surface area (Å²) in [4.78, 5) is 21.3. The molecule has 1 fully saturated rings. The lowest BCUT2D eigenvalue weighted by Gasteiger charge is -2.21. The molecule has 4 rings (SSSR count). The summed E-state index contributed by atoms with van der Waals surface area (Å²) in [5.41, 5.74) is 2.19. The highest BCUT2D eigenvalue weighted by atomic mass is 35.5. The number of carbonyl (C=O) groups excluding carboxylic acids is 1. The minimum Gasteiger partial charge on any atom is -0.469 e. The highest BCUT2D eigenvalue weighted by Gasteiger charge is 2.33. The third-order valence-electron chi connectivity index (χ3n) is 5.14. The Bertz CT molecular complexity index is 1020. The number of aromatic nitrogens is 4. The Morgan fingerprint density at radius 1 is 1.32 bits per heavy atom. The maximum atomic E-state index is 14.4. The monoisotopic (exact) mass is 403 g/mol. The SMILES string of the molecule is COC(=O)C1CCNCCC1c1cnc2c(-c3cccc(Cl)c3F)[nH]nc2n1. The molecular weight excluding hydrogens is 385 g/mol. The van der Waals surface area contributed by atoms with E-state index in [1.54, 1.807) is 18.3 Å². The van der Waals surface area contributed by atoms with Gasteiger partial charge in [-0.25, -0.2) is 14.4 Å². The third kappa shape index (κ3) is 3.33. The summed E-state index contributed by atoms with van der Waals surface area (Å²) in [6.07, 6.45) is 3.03. The van der Waals surface area contributed by atoms with Crippen LogP contribution in [0.15, 0.2) is 24.4 Å². The van der Waals surface area contributed by atoms with Gasteiger partial charge in [0.2, 0.25) is 5.65 Å². The predicted octanol–water partition coefficient (Wildman–Crippen LogP) is 3.07. The summed E-state index contributed by atoms with van der Waals surface area (Å²) in [5.74, 6) is -1.21. The van der Waals surface area contributed by atoms with Gasteiger partial charge < -0.3 is 10.1 Å². The number of benzene rings is 1. The van der Waals surface area contributed by atoms with Crippen LogP contribution in [0.3, 0.4) is 0 Å². The van der Waals surface area contributed by atoms with Crippen LogP contribution in [0, 0.1) is 11.7 Å². The average Bonchev–Trinajstić information content (AvgIpc) is 2.96. The van der Waals surface area contributed by atoms with Crippen LogP contribution in [0.4, 0.5) is 4.39 Å². The van der Waals surface area contributed by atoms with E-state index >= 15 is 0 Å². The predicted molar refractivity (Wildman–Crippen MR) is 102 cm³/mol. The number of aromatic amines is 1. The molecule has 0 spiro atoms. The second-order valence-electron chi connectivity index (χ2n) is 6.73. The maximum absolute atomic E-state index is 14.4. The molecule has 1 aromatic carbocycles. The van der Waals surface area contributed by atoms with Crippen LogP contribution in [0.25, 0.3) is 22.4 Å². The van der Waals surface area contributed by atoms with Gasteiger partial charge >= 0.3 is 5.97 Å². The Labute approximate surface area is 165 Å². The average molecular weight is 404 g/mol. The minimum atomic E-state index is -0.541. The van der Waals surface area contributed by atoms with Crippen LogP contribution in [0.2, 0.25) is 5.02 Å². The number of halogens is 2. The van der Waals surface area contributed by atoms with Crippen LogP contribution < -0.4 is 5.32 Å². The number of hydrogen-bond donors (Lipinski definition) is 2. The van der Waals surface area contributed by atoms with Crippen LogP contribution in [0.5, 0.6) is 0 Å². The molecule has 1 saturated heterocycles. The van der Waals surface area contributed by atoms with Gasteiger partial charge in [0.15, 0.2) is 5.82 Å². The number of fused-ring (bicyclic) bond motifs is 1. The standard InChI is InChI=1S/C19H19ClFN5O2/c1-28-19(27)11-6-8-22-7-5-10(11)14-9-23-17-16(25-26-18(17)24-14)12-3-2-4-13(20)15(12)21/h2-4,9-11,22H,5-8H2,1H3,(H,24,25,26). The number of esters is 1. The Hall–Kier alpha value is -2.58. The molecule has 7 nitrogen and oxygen atoms in total. The topological polar surface area (TPSA) is 92.8 Å². The molecular formula is C19H19ClFN5O2. The molecule has 9 heteroatoms. The highest BCUT2D eigenvalue weighted by molar-refractivity contribution is 6.31. The molecule has 0 radical (unpaired) electrons. The van der Waals surface area contributed by atoms with Gasteiger partial charge in [0.1, 0.15) is 5.52 Å². The molecule has 0 saturated carbocycles. The molecule has 0 bridgehead atoms. The van der Waals surface area contributed by atoms with Gasteiger partial charge in [-0.1, -0.05) is 17.7 Å². The zero-order valence-corrected chi connectivity index (χ0v) is 16.0. The first kappa shape index (κ1) is 18.8. The van der Waals surface area contributed by atoms with Gasteiger partial charge in [-0.2, -0.15) is 5.10 Å². The van der Waals surface area contributed by atoms with Crippen molar-refractivity contribution in [2.75, 3.05) is 20.2 Å². The molecule has 3 heterocycles. The fraction of sp³-hybridized carbons (Fsp3) is 0.368. The second kappa shape index (κ2) is 7.81. The Morgan fingerprint density at radius 2 is 2.14 bits per heavy atom. The zero-order valence-electron chi connectivity index (χ0n) is 15.2. The van der Waals surface area contributed by atoms with E-state index in [2.05, 4.69) is 25.5 Å². The lowest BCUT2D eigenvalue weighted by Crippen LogP contribution is -2.24. The van der Waals surface area contributed by atoms with Crippen molar-refractivity contribution in [3.05, 3.63) is 40.9 Å². The molecule has 2 atom stereocenters. The fourth-order valence-corrected chi connectivity index (χ4v) is 3.88. The number of nitrogens with zero attached hydrogens (tertiary/aromatic N) is 3. The van der Waals surface area contributed by atoms with Gasteiger partial charge in [0.25, 0.3) is 0 Å². The molecule has 3 aromatic rings. The van der Waals surface area contributed by atoms with E-state index in [9.17, 15) is 9.18 Å². The van der Waals surface area contributed by atoms with Crippen LogP contribution >= 0.6 is 11.6 Å². The van der Waals surface area contributed by atoms with E-state index in [0.717, 1.165) is 19.5 Å². The number of carbonyl (C=O) groups is 1. The molecule has 1 aliphatic rings. The van der Waals surface area contributed by atoms with E-state index in [1.807, 2.05) is 0 Å². The van der Waals surface area contributed by atoms with Gasteiger partial charge in [-0.3, -0.25) is 9.89 Å². The first-order chi connectivity index (χ1) is 13.6. The van der Waals surface area contributed by atoms with Crippen molar-refractivity contribution >= 4 is 28.7 Å². The second-order valence-corrected chi connectivity index (χ2v) is 7.14. The first-order valence-corrected chi connectivity index (χ1v) is 9.42. The smallest absolute Gasteiger partial charge is 0.309 e. The number of hydrogen-bond acceptors (Lipinski definition) is 6. The maximum Gasteiger partial charge on any atom is 0.309 e. The zero-order chi connectivity index (χ0) is 19.7. The highest BCUT2D eigenvalue weighted by Crippen LogP contribution is 2.34. The lowest BCUT2D eigenvalue weighted by atomic mass is 9.85. The van der Waals surface area contributed by atoms with Gasteiger partial charge in [-0.15, -0.1) is 0 Å². The number of H-pyrrole nitrogens is 1. The number of rotatable bonds is 3. The van der Waals surface area contributed by atoms with E-state index in [-0.39, 0.29) is 28.4 Å². The van der Waals surface area contributed by atoms with Crippen molar-refractivity contribution in [1.82, 2.24) is 25.5 Å². The molecule has 0 aliphatic carbocycles. The quantitative estimate of drug-likeness (QED) is 0.653. The van der Waals surface area contributed by atoms with Crippen LogP contribution in [0.1, 0.15) is 24.5 Å². The Morgan fingerprint density at radius 3 is 2.96 bits per heavy atom. The van der Waals surface area contributed by atoms with Crippen molar-refractivity contribution in [1.29, 1.82) is 0 Å². The minimum absolute atomic E-state index is 0.0247. The molecule has 2 unspecified atom stereocenters. The number of methoxy groups -OCH3 is 1. The number of nitrogens with one attached hydrogen (secondary N) is 2. The van der Waals surface area contributed by atoms with Crippen LogP contribution in [-0.4, -0.2) is 46.3 Å². The molecule has 2 aromatic heterocycles. The van der Waals surface area contributed by atoms with Crippen molar-refractivity contribution in [2.24, 2.45) is 5.92 Å². The Balaban J connectivity index is 1.74. The summed E-state index contributed by atoms with van der Waals surface area (Å²) in [6.45, 7) is 1.52. The van der Waals surface area contributed by atoms with Crippen LogP contribution in [-0.2, 0) is 9.53 Å². The normalized spacial score (nSPS) is 20.1. The molecule has 1 aliphatic heterocycles. The summed E-state index contributed by atoms with van der Waals surface area (Å²) in [5, 5.41) is 10.3. The molecule has 146 valence electrons. The fourth-order valence-electron chi connectivity index (χ4n) is 3.70. The van der Waals surface area contributed by atoms with E-state index < -0.39 is 5.82 Å². The van der Waals surface area contributed by atoms with Gasteiger partial charge in [0.05, 0.1) is 29.4 Å². The largest absolute Gasteiger partial charge is 0.469 e. The molecule has 0 amide bonds. The lowest BCUT2D eigenvalue weighted by molar-refractivity contribution is -0.146. The Kier molecular flexibility index (Phi) is 5.23. The summed E-state index contributed by atoms with van der Waals surface area (Å²) < 4.78 is 19.4. The third-order valence-corrected chi connectivity index (χ3v) is 5.43. The number of ether oxygens (including phenoxy) is 1. The van der Waals surface area contributed by atoms with Gasteiger partial charge in [-0.05, 0) is 38.1 Å². The van der Waals surface area contributed by atoms with Crippen molar-refractivity contribution in [3.63, 3.8) is 0 Å². The molecule has 28 heavy (non-hydrogen) atoms. The summed E-state index contributed by atoms with van der Waals surface area (Å²) in [7, 11) is 1.39. The van der Waals surface area contributed by atoms with Crippen molar-refractivity contribution in [2.45, 2.75) is 18.8 Å². The summed E-state index contributed by atoms with van der Waals surface area (Å²) >= 11 is 5.89. The van der Waals surface area contributed by atoms with Crippen molar-refractivity contribution in [3.8, 4) is 11.3 Å². The summed E-state index contributed by atoms with van der Waals surface area (Å²) in [6, 6.07) is 4.75. The van der Waals surface area contributed by atoms with Gasteiger partial charge in [0, 0.05) is 17.7 Å². The first-order valence-electron chi connectivity index (χ1n) is 9.04. The van der Waals surface area contributed by atoms with E-state index in [4.69, 9.17) is 16.3 Å².